The molecular formula is C13H16N2O2. The molecule has 0 N–H and O–H groups in total. The van der Waals surface area contributed by atoms with Crippen molar-refractivity contribution in [3.63, 3.8) is 0 Å². The molecule has 4 nitrogen and oxygen atoms in total. The van der Waals surface area contributed by atoms with Crippen LogP contribution in [0.25, 0.3) is 0 Å². The summed E-state index contributed by atoms with van der Waals surface area (Å²) in [6.07, 6.45) is 7.97. The molecule has 4 heteroatoms. The van der Waals surface area contributed by atoms with Crippen molar-refractivity contribution >= 4 is 5.78 Å². The molecule has 0 amide bonds. The molecule has 0 bridgehead atoms. The first kappa shape index (κ1) is 11.6. The van der Waals surface area contributed by atoms with Crippen LogP contribution in [-0.4, -0.2) is 15.6 Å². The van der Waals surface area contributed by atoms with Crippen LogP contribution in [0.2, 0.25) is 0 Å². The van der Waals surface area contributed by atoms with E-state index in [2.05, 4.69) is 5.10 Å². The number of Topliss-reactive ketones (excluding diaryl/α,β-unsaturated/α-hetero) is 1. The first-order valence-corrected chi connectivity index (χ1v) is 5.75. The van der Waals surface area contributed by atoms with Crippen LogP contribution in [0.15, 0.2) is 35.2 Å². The van der Waals surface area contributed by atoms with Gasteiger partial charge in [0.05, 0.1) is 12.5 Å². The fourth-order valence-electron chi connectivity index (χ4n) is 1.73. The van der Waals surface area contributed by atoms with Crippen LogP contribution >= 0.6 is 0 Å². The molecule has 17 heavy (non-hydrogen) atoms. The summed E-state index contributed by atoms with van der Waals surface area (Å²) in [6, 6.07) is 3.74. The molecule has 0 aliphatic rings. The van der Waals surface area contributed by atoms with Crippen LogP contribution in [0.4, 0.5) is 0 Å². The Kier molecular flexibility index (Phi) is 3.75. The van der Waals surface area contributed by atoms with Gasteiger partial charge >= 0.3 is 0 Å². The standard InChI is InChI=1S/C13H16N2O2/c1-15-10-11(9-14-15)4-5-12(16)6-7-13-3-2-8-17-13/h2-3,8-10H,4-7H2,1H3. The van der Waals surface area contributed by atoms with Gasteiger partial charge < -0.3 is 4.42 Å². The summed E-state index contributed by atoms with van der Waals surface area (Å²) in [5, 5.41) is 4.07. The third-order valence-corrected chi connectivity index (χ3v) is 2.68. The lowest BCUT2D eigenvalue weighted by atomic mass is 10.1. The largest absolute Gasteiger partial charge is 0.469 e. The number of aryl methyl sites for hydroxylation is 3. The van der Waals surface area contributed by atoms with E-state index in [-0.39, 0.29) is 5.78 Å². The second kappa shape index (κ2) is 5.48. The molecule has 0 saturated heterocycles. The van der Waals surface area contributed by atoms with Crippen molar-refractivity contribution in [1.82, 2.24) is 9.78 Å². The van der Waals surface area contributed by atoms with Crippen LogP contribution in [0, 0.1) is 0 Å². The van der Waals surface area contributed by atoms with Crippen molar-refractivity contribution in [2.45, 2.75) is 25.7 Å². The molecule has 0 aromatic carbocycles. The predicted octanol–water partition coefficient (Wildman–Crippen LogP) is 2.15. The highest BCUT2D eigenvalue weighted by atomic mass is 16.3. The first-order chi connectivity index (χ1) is 8.24. The van der Waals surface area contributed by atoms with E-state index in [1.807, 2.05) is 25.4 Å². The third-order valence-electron chi connectivity index (χ3n) is 2.68. The van der Waals surface area contributed by atoms with Gasteiger partial charge in [0.2, 0.25) is 0 Å². The molecule has 0 atom stereocenters. The van der Waals surface area contributed by atoms with E-state index in [0.717, 1.165) is 17.7 Å². The molecule has 90 valence electrons. The lowest BCUT2D eigenvalue weighted by Crippen LogP contribution is -2.01. The number of rotatable bonds is 6. The fourth-order valence-corrected chi connectivity index (χ4v) is 1.73. The quantitative estimate of drug-likeness (QED) is 0.766. The maximum Gasteiger partial charge on any atom is 0.133 e. The van der Waals surface area contributed by atoms with E-state index in [0.29, 0.717) is 19.3 Å². The van der Waals surface area contributed by atoms with Gasteiger partial charge in [0.25, 0.3) is 0 Å². The molecule has 2 rings (SSSR count). The summed E-state index contributed by atoms with van der Waals surface area (Å²) in [4.78, 5) is 11.6. The van der Waals surface area contributed by atoms with Crippen molar-refractivity contribution < 1.29 is 9.21 Å². The van der Waals surface area contributed by atoms with Crippen molar-refractivity contribution in [2.24, 2.45) is 7.05 Å². The highest BCUT2D eigenvalue weighted by molar-refractivity contribution is 5.78. The number of carbonyl (C=O) groups is 1. The first-order valence-electron chi connectivity index (χ1n) is 5.75. The summed E-state index contributed by atoms with van der Waals surface area (Å²) in [5.74, 6) is 1.14. The second-order valence-electron chi connectivity index (χ2n) is 4.14. The lowest BCUT2D eigenvalue weighted by Gasteiger charge is -1.98. The SMILES string of the molecule is Cn1cc(CCC(=O)CCc2ccco2)cn1. The summed E-state index contributed by atoms with van der Waals surface area (Å²) >= 11 is 0. The van der Waals surface area contributed by atoms with Gasteiger partial charge in [-0.15, -0.1) is 0 Å². The molecule has 0 fully saturated rings. The zero-order valence-electron chi connectivity index (χ0n) is 9.93. The normalized spacial score (nSPS) is 10.6. The molecule has 0 spiro atoms. The number of nitrogens with zero attached hydrogens (tertiary/aromatic N) is 2. The molecule has 0 radical (unpaired) electrons. The minimum absolute atomic E-state index is 0.269. The van der Waals surface area contributed by atoms with E-state index >= 15 is 0 Å². The van der Waals surface area contributed by atoms with Crippen molar-refractivity contribution in [2.75, 3.05) is 0 Å². The zero-order valence-corrected chi connectivity index (χ0v) is 9.93. The minimum Gasteiger partial charge on any atom is -0.469 e. The summed E-state index contributed by atoms with van der Waals surface area (Å²) < 4.78 is 6.94. The predicted molar refractivity (Wildman–Crippen MR) is 63.6 cm³/mol. The van der Waals surface area contributed by atoms with Crippen molar-refractivity contribution in [3.05, 3.63) is 42.1 Å². The summed E-state index contributed by atoms with van der Waals surface area (Å²) in [7, 11) is 1.88. The summed E-state index contributed by atoms with van der Waals surface area (Å²) in [5.41, 5.74) is 1.11. The Morgan fingerprint density at radius 3 is 2.88 bits per heavy atom. The highest BCUT2D eigenvalue weighted by Gasteiger charge is 2.05. The number of ketones is 1. The van der Waals surface area contributed by atoms with Crippen LogP contribution < -0.4 is 0 Å². The van der Waals surface area contributed by atoms with Crippen LogP contribution in [0.1, 0.15) is 24.2 Å². The zero-order chi connectivity index (χ0) is 12.1. The Bertz CT molecular complexity index is 471. The van der Waals surface area contributed by atoms with Gasteiger partial charge in [-0.3, -0.25) is 9.48 Å². The van der Waals surface area contributed by atoms with Crippen LogP contribution in [0.3, 0.4) is 0 Å². The minimum atomic E-state index is 0.269. The lowest BCUT2D eigenvalue weighted by molar-refractivity contribution is -0.119. The van der Waals surface area contributed by atoms with Gasteiger partial charge in [-0.1, -0.05) is 0 Å². The Hall–Kier alpha value is -1.84. The number of aromatic nitrogens is 2. The topological polar surface area (TPSA) is 48.0 Å². The average Bonchev–Trinajstić information content (AvgIpc) is 2.95. The Morgan fingerprint density at radius 1 is 1.41 bits per heavy atom. The van der Waals surface area contributed by atoms with E-state index in [9.17, 15) is 4.79 Å². The van der Waals surface area contributed by atoms with E-state index in [1.165, 1.54) is 0 Å². The number of hydrogen-bond acceptors (Lipinski definition) is 3. The van der Waals surface area contributed by atoms with Gasteiger partial charge in [-0.25, -0.2) is 0 Å². The maximum absolute atomic E-state index is 11.6. The van der Waals surface area contributed by atoms with E-state index < -0.39 is 0 Å². The number of furan rings is 1. The van der Waals surface area contributed by atoms with Gasteiger partial charge in [0.15, 0.2) is 0 Å². The molecule has 2 aromatic rings. The van der Waals surface area contributed by atoms with Gasteiger partial charge in [-0.2, -0.15) is 5.10 Å². The molecule has 0 unspecified atom stereocenters. The maximum atomic E-state index is 11.6. The molecule has 2 heterocycles. The van der Waals surface area contributed by atoms with E-state index in [1.54, 1.807) is 17.1 Å². The molecule has 0 aliphatic heterocycles. The molecular weight excluding hydrogens is 216 g/mol. The van der Waals surface area contributed by atoms with Gasteiger partial charge in [0.1, 0.15) is 11.5 Å². The van der Waals surface area contributed by atoms with Crippen molar-refractivity contribution in [3.8, 4) is 0 Å². The fraction of sp³-hybridized carbons (Fsp3) is 0.385. The Labute approximate surface area is 100 Å². The monoisotopic (exact) mass is 232 g/mol. The number of hydrogen-bond donors (Lipinski definition) is 0. The molecule has 0 aliphatic carbocycles. The Morgan fingerprint density at radius 2 is 2.24 bits per heavy atom. The van der Waals surface area contributed by atoms with Crippen LogP contribution in [0.5, 0.6) is 0 Å². The van der Waals surface area contributed by atoms with Crippen molar-refractivity contribution in [1.29, 1.82) is 0 Å². The third kappa shape index (κ3) is 3.59. The number of carbonyl (C=O) groups excluding carboxylic acids is 1. The smallest absolute Gasteiger partial charge is 0.133 e. The highest BCUT2D eigenvalue weighted by Crippen LogP contribution is 2.07. The summed E-state index contributed by atoms with van der Waals surface area (Å²) in [6.45, 7) is 0. The van der Waals surface area contributed by atoms with Gasteiger partial charge in [-0.05, 0) is 24.1 Å². The molecule has 0 saturated carbocycles. The average molecular weight is 232 g/mol. The van der Waals surface area contributed by atoms with Gasteiger partial charge in [0, 0.05) is 32.5 Å². The van der Waals surface area contributed by atoms with E-state index in [4.69, 9.17) is 4.42 Å². The Balaban J connectivity index is 1.71. The molecule has 2 aromatic heterocycles. The van der Waals surface area contributed by atoms with Crippen LogP contribution in [-0.2, 0) is 24.7 Å². The second-order valence-corrected chi connectivity index (χ2v) is 4.14.